The normalized spacial score (nSPS) is 24.1. The van der Waals surface area contributed by atoms with Crippen molar-refractivity contribution in [1.29, 1.82) is 0 Å². The maximum absolute atomic E-state index is 13.3. The van der Waals surface area contributed by atoms with E-state index in [1.807, 2.05) is 49.6 Å². The van der Waals surface area contributed by atoms with Crippen molar-refractivity contribution in [3.05, 3.63) is 23.8 Å². The molecule has 41 heavy (non-hydrogen) atoms. The zero-order chi connectivity index (χ0) is 31.2. The summed E-state index contributed by atoms with van der Waals surface area (Å²) in [7, 11) is 26.7. The number of nitrogens with one attached hydrogen (secondary N) is 1. The molecule has 2 N–H and O–H groups in total. The van der Waals surface area contributed by atoms with Crippen molar-refractivity contribution in [3.8, 4) is 11.5 Å². The first-order valence-electron chi connectivity index (χ1n) is 15.9. The summed E-state index contributed by atoms with van der Waals surface area (Å²) in [6.45, 7) is 2.73. The molecule has 210 valence electrons. The second kappa shape index (κ2) is 11.8. The van der Waals surface area contributed by atoms with Crippen molar-refractivity contribution >= 4 is 100 Å². The molecule has 1 amide bonds. The molecule has 0 spiro atoms. The van der Waals surface area contributed by atoms with E-state index in [-0.39, 0.29) is 27.0 Å². The Hall–Kier alpha value is -1.01. The van der Waals surface area contributed by atoms with Gasteiger partial charge in [0.05, 0.1) is 48.2 Å². The van der Waals surface area contributed by atoms with Crippen LogP contribution in [0.15, 0.2) is 18.2 Å². The zero-order valence-electron chi connectivity index (χ0n) is 28.5. The standard InChI is InChI=1S/C23H48B12N2O4/c1-2-3-4-5-6-7-16(38)36-13(11-37-20(28,29)18(24,25)19(26,27)21(37,30)31)17(39)12-8-9-14-15(10-12)41-23(34,35)22(32,33)40-14/h8-10,13,17,39H,2-7,11,24-35H2,1H3,(H,36,38)/t13-,17-/m1/s1. The number of nitrogens with zero attached hydrogens (tertiary/aromatic N) is 1. The van der Waals surface area contributed by atoms with E-state index >= 15 is 0 Å². The Bertz CT molecular complexity index is 1090. The maximum atomic E-state index is 13.3. The Labute approximate surface area is 260 Å². The number of carbonyl (C=O) groups is 1. The first kappa shape index (κ1) is 34.5. The molecule has 3 rings (SSSR count). The number of hydrogen-bond donors (Lipinski definition) is 2. The molecule has 2 heterocycles. The van der Waals surface area contributed by atoms with Gasteiger partial charge in [0.25, 0.3) is 0 Å². The van der Waals surface area contributed by atoms with E-state index < -0.39 is 22.9 Å². The molecular formula is C23H48B12N2O4. The van der Waals surface area contributed by atoms with Crippen LogP contribution in [0.5, 0.6) is 11.5 Å². The van der Waals surface area contributed by atoms with Crippen LogP contribution in [-0.2, 0) is 4.79 Å². The number of unbranched alkanes of at least 4 members (excludes halogenated alkanes) is 4. The summed E-state index contributed by atoms with van der Waals surface area (Å²) in [5.74, 6) is 1.29. The van der Waals surface area contributed by atoms with Crippen LogP contribution in [0, 0.1) is 0 Å². The highest BCUT2D eigenvalue weighted by atomic mass is 16.6. The first-order valence-corrected chi connectivity index (χ1v) is 15.9. The van der Waals surface area contributed by atoms with Gasteiger partial charge in [-0.15, -0.1) is 0 Å². The van der Waals surface area contributed by atoms with Crippen LogP contribution in [0.2, 0.25) is 10.4 Å². The fourth-order valence-corrected chi connectivity index (χ4v) is 6.85. The van der Waals surface area contributed by atoms with E-state index in [2.05, 4.69) is 79.9 Å². The predicted molar refractivity (Wildman–Crippen MR) is 204 cm³/mol. The van der Waals surface area contributed by atoms with E-state index in [1.165, 1.54) is 12.8 Å². The Morgan fingerprint density at radius 1 is 0.829 bits per heavy atom. The van der Waals surface area contributed by atoms with Gasteiger partial charge in [-0.1, -0.05) is 49.1 Å². The lowest BCUT2D eigenvalue weighted by molar-refractivity contribution is -0.123. The van der Waals surface area contributed by atoms with Crippen molar-refractivity contribution in [1.82, 2.24) is 10.2 Å². The van der Waals surface area contributed by atoms with Crippen molar-refractivity contribution < 1.29 is 19.4 Å². The number of fused-ring (bicyclic) bond motifs is 1. The lowest BCUT2D eigenvalue weighted by Gasteiger charge is -2.48. The minimum Gasteiger partial charge on any atom is -0.499 e. The number of rotatable bonds is 11. The summed E-state index contributed by atoms with van der Waals surface area (Å²) in [4.78, 5) is 15.8. The van der Waals surface area contributed by atoms with Crippen molar-refractivity contribution in [2.75, 3.05) is 6.54 Å². The minimum atomic E-state index is -0.913. The third kappa shape index (κ3) is 6.17. The Kier molecular flexibility index (Phi) is 9.94. The average molecular weight is 546 g/mol. The molecule has 1 aromatic carbocycles. The van der Waals surface area contributed by atoms with E-state index in [1.54, 1.807) is 0 Å². The molecule has 0 unspecified atom stereocenters. The number of amides is 1. The van der Waals surface area contributed by atoms with Crippen LogP contribution in [-0.4, -0.2) is 144 Å². The van der Waals surface area contributed by atoms with Crippen LogP contribution in [0.1, 0.15) is 57.1 Å². The molecule has 0 radical (unpaired) electrons. The minimum absolute atomic E-state index is 0.000644. The number of ether oxygens (including phenoxy) is 2. The van der Waals surface area contributed by atoms with Crippen LogP contribution in [0.4, 0.5) is 0 Å². The fourth-order valence-electron chi connectivity index (χ4n) is 6.85. The van der Waals surface area contributed by atoms with Gasteiger partial charge in [0.15, 0.2) is 11.5 Å². The van der Waals surface area contributed by atoms with Gasteiger partial charge in [-0.25, -0.2) is 0 Å². The third-order valence-corrected chi connectivity index (χ3v) is 12.1. The first-order chi connectivity index (χ1) is 18.6. The smallest absolute Gasteiger partial charge is 0.220 e. The average Bonchev–Trinajstić information content (AvgIpc) is 2.91. The second-order valence-electron chi connectivity index (χ2n) is 15.7. The largest absolute Gasteiger partial charge is 0.499 e. The summed E-state index contributed by atoms with van der Waals surface area (Å²) >= 11 is 0. The number of hydrogen-bond acceptors (Lipinski definition) is 5. The van der Waals surface area contributed by atoms with Crippen LogP contribution in [0.25, 0.3) is 0 Å². The molecule has 2 atom stereocenters. The number of benzene rings is 1. The molecule has 0 aliphatic carbocycles. The Morgan fingerprint density at radius 2 is 1.34 bits per heavy atom. The van der Waals surface area contributed by atoms with Gasteiger partial charge in [-0.3, -0.25) is 4.79 Å². The monoisotopic (exact) mass is 548 g/mol. The Morgan fingerprint density at radius 3 is 1.88 bits per heavy atom. The molecular weight excluding hydrogens is 498 g/mol. The van der Waals surface area contributed by atoms with E-state index in [0.717, 1.165) is 19.3 Å². The number of likely N-dealkylation sites (tertiary alicyclic amines) is 1. The fraction of sp³-hybridized carbons (Fsp3) is 0.696. The summed E-state index contributed by atoms with van der Waals surface area (Å²) in [5, 5.41) is 13.8. The molecule has 0 saturated carbocycles. The van der Waals surface area contributed by atoms with Gasteiger partial charge in [0, 0.05) is 13.0 Å². The number of aliphatic hydroxyl groups excluding tert-OH is 1. The molecule has 1 saturated heterocycles. The molecule has 1 fully saturated rings. The third-order valence-electron chi connectivity index (χ3n) is 12.1. The summed E-state index contributed by atoms with van der Waals surface area (Å²) < 4.78 is 12.7. The van der Waals surface area contributed by atoms with Crippen molar-refractivity contribution in [3.63, 3.8) is 0 Å². The second-order valence-corrected chi connectivity index (χ2v) is 15.7. The molecule has 6 nitrogen and oxygen atoms in total. The topological polar surface area (TPSA) is 71.0 Å². The van der Waals surface area contributed by atoms with Gasteiger partial charge in [-0.05, 0) is 34.8 Å². The summed E-state index contributed by atoms with van der Waals surface area (Å²) in [6, 6.07) is 5.18. The van der Waals surface area contributed by atoms with Crippen LogP contribution >= 0.6 is 0 Å². The quantitative estimate of drug-likeness (QED) is 0.213. The molecule has 2 aliphatic heterocycles. The highest BCUT2D eigenvalue weighted by Crippen LogP contribution is 2.63. The summed E-state index contributed by atoms with van der Waals surface area (Å²) in [5.41, 5.74) is 0.712. The highest BCUT2D eigenvalue weighted by Gasteiger charge is 2.64. The summed E-state index contributed by atoms with van der Waals surface area (Å²) in [6.07, 6.45) is 5.01. The zero-order valence-corrected chi connectivity index (χ0v) is 28.5. The molecule has 1 aromatic rings. The molecule has 0 bridgehead atoms. The highest BCUT2D eigenvalue weighted by molar-refractivity contribution is 6.67. The molecule has 2 aliphatic rings. The number of aliphatic hydroxyl groups is 1. The number of carbonyl (C=O) groups excluding carboxylic acids is 1. The lowest BCUT2D eigenvalue weighted by atomic mass is 9.17. The van der Waals surface area contributed by atoms with Crippen molar-refractivity contribution in [2.24, 2.45) is 0 Å². The van der Waals surface area contributed by atoms with Gasteiger partial charge in [-0.2, -0.15) is 0 Å². The molecule has 18 heteroatoms. The SMILES string of the molecule is BC1(B)Oc2ccc([C@@H](O)[C@@H](CN3C(B)(B)C(B)(B)C(B)(B)C3(B)B)NC(=O)CCCCCCC)cc2OC1(B)B. The van der Waals surface area contributed by atoms with Crippen LogP contribution in [0.3, 0.4) is 0 Å². The van der Waals surface area contributed by atoms with E-state index in [4.69, 9.17) is 9.47 Å². The molecule has 0 aromatic heterocycles. The maximum Gasteiger partial charge on any atom is 0.220 e. The van der Waals surface area contributed by atoms with E-state index in [0.29, 0.717) is 30.0 Å². The lowest BCUT2D eigenvalue weighted by Crippen LogP contribution is -2.65. The van der Waals surface area contributed by atoms with Gasteiger partial charge >= 0.3 is 0 Å². The van der Waals surface area contributed by atoms with Gasteiger partial charge < -0.3 is 24.8 Å². The van der Waals surface area contributed by atoms with Gasteiger partial charge in [0.1, 0.15) is 68.9 Å². The van der Waals surface area contributed by atoms with Crippen LogP contribution < -0.4 is 14.8 Å². The van der Waals surface area contributed by atoms with Gasteiger partial charge in [0.2, 0.25) is 5.91 Å². The Balaban J connectivity index is 1.93. The van der Waals surface area contributed by atoms with Crippen molar-refractivity contribution in [2.45, 2.75) is 89.5 Å². The predicted octanol–water partition coefficient (Wildman–Crippen LogP) is -8.90. The van der Waals surface area contributed by atoms with E-state index in [9.17, 15) is 9.90 Å².